The first-order valence-corrected chi connectivity index (χ1v) is 12.5. The van der Waals surface area contributed by atoms with Crippen LogP contribution >= 0.6 is 0 Å². The Hall–Kier alpha value is -3.38. The van der Waals surface area contributed by atoms with Crippen LogP contribution in [-0.4, -0.2) is 51.9 Å². The highest BCUT2D eigenvalue weighted by atomic mass is 32.2. The van der Waals surface area contributed by atoms with Crippen molar-refractivity contribution < 1.29 is 31.1 Å². The molecule has 2 aromatic rings. The van der Waals surface area contributed by atoms with Crippen LogP contribution in [0.1, 0.15) is 22.4 Å². The summed E-state index contributed by atoms with van der Waals surface area (Å²) in [6, 6.07) is 7.07. The number of hydrogen-bond donors (Lipinski definition) is 2. The van der Waals surface area contributed by atoms with Crippen molar-refractivity contribution in [1.29, 1.82) is 0 Å². The van der Waals surface area contributed by atoms with Gasteiger partial charge in [0.2, 0.25) is 15.9 Å². The average Bonchev–Trinajstić information content (AvgIpc) is 2.81. The van der Waals surface area contributed by atoms with E-state index < -0.39 is 27.8 Å². The Kier molecular flexibility index (Phi) is 8.18. The third kappa shape index (κ3) is 7.55. The SMILES string of the molecule is C=Cc1cc(CNC(=O)/C=C\c2ccc(C(F)(F)F)nc2N2CCOCC2)ccc1NS(C)(=O)=O. The number of pyridine rings is 1. The number of halogens is 3. The molecule has 2 N–H and O–H groups in total. The second kappa shape index (κ2) is 10.9. The molecule has 1 aliphatic rings. The standard InChI is InChI=1S/C23H25F3N4O4S/c1-3-17-14-16(4-7-19(17)29-35(2,32)33)15-27-21(31)9-6-18-5-8-20(23(24,25)26)28-22(18)30-10-12-34-13-11-30/h3-9,14,29H,1,10-13,15H2,2H3,(H,27,31)/b9-6-. The molecule has 35 heavy (non-hydrogen) atoms. The molecule has 1 aromatic carbocycles. The van der Waals surface area contributed by atoms with Crippen LogP contribution < -0.4 is 14.9 Å². The Labute approximate surface area is 201 Å². The van der Waals surface area contributed by atoms with E-state index in [1.807, 2.05) is 0 Å². The van der Waals surface area contributed by atoms with Crippen LogP contribution in [0.5, 0.6) is 0 Å². The van der Waals surface area contributed by atoms with Crippen LogP contribution in [0, 0.1) is 0 Å². The molecule has 3 rings (SSSR count). The number of sulfonamides is 1. The van der Waals surface area contributed by atoms with Crippen molar-refractivity contribution in [1.82, 2.24) is 10.3 Å². The highest BCUT2D eigenvalue weighted by Crippen LogP contribution is 2.31. The number of carbonyl (C=O) groups excluding carboxylic acids is 1. The van der Waals surface area contributed by atoms with Crippen LogP contribution in [0.25, 0.3) is 12.2 Å². The van der Waals surface area contributed by atoms with Gasteiger partial charge in [0.25, 0.3) is 0 Å². The number of amides is 1. The van der Waals surface area contributed by atoms with Crippen molar-refractivity contribution in [2.45, 2.75) is 12.7 Å². The lowest BCUT2D eigenvalue weighted by Crippen LogP contribution is -2.37. The minimum Gasteiger partial charge on any atom is -0.378 e. The van der Waals surface area contributed by atoms with Gasteiger partial charge >= 0.3 is 6.18 Å². The summed E-state index contributed by atoms with van der Waals surface area (Å²) >= 11 is 0. The molecule has 1 aliphatic heterocycles. The molecule has 188 valence electrons. The molecule has 0 radical (unpaired) electrons. The second-order valence-corrected chi connectivity index (χ2v) is 9.51. The molecule has 0 atom stereocenters. The third-order valence-electron chi connectivity index (χ3n) is 5.02. The van der Waals surface area contributed by atoms with Gasteiger partial charge < -0.3 is 15.0 Å². The number of rotatable bonds is 8. The molecule has 1 amide bonds. The monoisotopic (exact) mass is 510 g/mol. The molecule has 8 nitrogen and oxygen atoms in total. The molecule has 12 heteroatoms. The van der Waals surface area contributed by atoms with E-state index >= 15 is 0 Å². The van der Waals surface area contributed by atoms with Gasteiger partial charge in [0, 0.05) is 31.3 Å². The van der Waals surface area contributed by atoms with Gasteiger partial charge in [-0.15, -0.1) is 0 Å². The molecular formula is C23H25F3N4O4S. The van der Waals surface area contributed by atoms with Crippen LogP contribution in [0.4, 0.5) is 24.7 Å². The summed E-state index contributed by atoms with van der Waals surface area (Å²) in [7, 11) is -3.46. The normalized spacial score (nSPS) is 14.7. The largest absolute Gasteiger partial charge is 0.433 e. The van der Waals surface area contributed by atoms with E-state index in [0.717, 1.165) is 12.3 Å². The number of anilines is 2. The number of carbonyl (C=O) groups is 1. The summed E-state index contributed by atoms with van der Waals surface area (Å²) in [5.41, 5.74) is 0.977. The van der Waals surface area contributed by atoms with Gasteiger partial charge in [-0.3, -0.25) is 9.52 Å². The molecular weight excluding hydrogens is 485 g/mol. The zero-order valence-electron chi connectivity index (χ0n) is 18.9. The zero-order chi connectivity index (χ0) is 25.6. The van der Waals surface area contributed by atoms with Gasteiger partial charge in [0.1, 0.15) is 11.5 Å². The Balaban J connectivity index is 1.72. The van der Waals surface area contributed by atoms with E-state index in [-0.39, 0.29) is 12.4 Å². The van der Waals surface area contributed by atoms with Crippen molar-refractivity contribution in [3.63, 3.8) is 0 Å². The highest BCUT2D eigenvalue weighted by Gasteiger charge is 2.33. The molecule has 1 saturated heterocycles. The van der Waals surface area contributed by atoms with Crippen molar-refractivity contribution in [3.05, 3.63) is 65.4 Å². The van der Waals surface area contributed by atoms with Crippen LogP contribution in [0.3, 0.4) is 0 Å². The topological polar surface area (TPSA) is 101 Å². The summed E-state index contributed by atoms with van der Waals surface area (Å²) in [4.78, 5) is 17.9. The highest BCUT2D eigenvalue weighted by molar-refractivity contribution is 7.92. The van der Waals surface area contributed by atoms with Crippen LogP contribution in [0.2, 0.25) is 0 Å². The van der Waals surface area contributed by atoms with Gasteiger partial charge in [-0.25, -0.2) is 13.4 Å². The number of nitrogens with one attached hydrogen (secondary N) is 2. The molecule has 0 unspecified atom stereocenters. The number of nitrogens with zero attached hydrogens (tertiary/aromatic N) is 2. The maximum Gasteiger partial charge on any atom is 0.433 e. The Morgan fingerprint density at radius 2 is 1.91 bits per heavy atom. The lowest BCUT2D eigenvalue weighted by molar-refractivity contribution is -0.141. The predicted octanol–water partition coefficient (Wildman–Crippen LogP) is 3.28. The van der Waals surface area contributed by atoms with E-state index in [1.54, 1.807) is 23.1 Å². The number of benzene rings is 1. The van der Waals surface area contributed by atoms with E-state index in [9.17, 15) is 26.4 Å². The Morgan fingerprint density at radius 3 is 2.54 bits per heavy atom. The van der Waals surface area contributed by atoms with Crippen molar-refractivity contribution >= 4 is 39.6 Å². The van der Waals surface area contributed by atoms with Crippen molar-refractivity contribution in [2.24, 2.45) is 0 Å². The maximum atomic E-state index is 13.2. The zero-order valence-corrected chi connectivity index (χ0v) is 19.7. The fraction of sp³-hybridized carbons (Fsp3) is 0.304. The van der Waals surface area contributed by atoms with Gasteiger partial charge in [-0.2, -0.15) is 13.2 Å². The third-order valence-corrected chi connectivity index (χ3v) is 5.61. The lowest BCUT2D eigenvalue weighted by Gasteiger charge is -2.29. The molecule has 0 spiro atoms. The first kappa shape index (κ1) is 26.2. The number of alkyl halides is 3. The molecule has 0 bridgehead atoms. The van der Waals surface area contributed by atoms with Gasteiger partial charge in [0.15, 0.2) is 0 Å². The number of morpholine rings is 1. The molecule has 2 heterocycles. The fourth-order valence-electron chi connectivity index (χ4n) is 3.37. The Morgan fingerprint density at radius 1 is 1.20 bits per heavy atom. The molecule has 1 fully saturated rings. The van der Waals surface area contributed by atoms with E-state index in [1.165, 1.54) is 24.3 Å². The number of aromatic nitrogens is 1. The van der Waals surface area contributed by atoms with E-state index in [2.05, 4.69) is 21.6 Å². The number of ether oxygens (including phenoxy) is 1. The summed E-state index contributed by atoms with van der Waals surface area (Å²) in [6.45, 7) is 5.32. The molecule has 1 aromatic heterocycles. The first-order valence-electron chi connectivity index (χ1n) is 10.6. The van der Waals surface area contributed by atoms with Crippen molar-refractivity contribution in [3.8, 4) is 0 Å². The van der Waals surface area contributed by atoms with Crippen LogP contribution in [0.15, 0.2) is 43.0 Å². The van der Waals surface area contributed by atoms with Crippen molar-refractivity contribution in [2.75, 3.05) is 42.2 Å². The second-order valence-electron chi connectivity index (χ2n) is 7.76. The smallest absolute Gasteiger partial charge is 0.378 e. The first-order chi connectivity index (χ1) is 16.5. The van der Waals surface area contributed by atoms with E-state index in [4.69, 9.17) is 4.74 Å². The lowest BCUT2D eigenvalue weighted by atomic mass is 10.1. The fourth-order valence-corrected chi connectivity index (χ4v) is 3.96. The molecule has 0 aliphatic carbocycles. The van der Waals surface area contributed by atoms with Gasteiger partial charge in [-0.05, 0) is 41.5 Å². The Bertz CT molecular complexity index is 1220. The number of hydrogen-bond acceptors (Lipinski definition) is 6. The summed E-state index contributed by atoms with van der Waals surface area (Å²) in [6.07, 6.45) is 0.585. The minimum atomic E-state index is -4.59. The minimum absolute atomic E-state index is 0.136. The summed E-state index contributed by atoms with van der Waals surface area (Å²) in [5.74, 6) is -0.326. The molecule has 0 saturated carbocycles. The summed E-state index contributed by atoms with van der Waals surface area (Å²) < 4.78 is 70.1. The van der Waals surface area contributed by atoms with Gasteiger partial charge in [-0.1, -0.05) is 18.7 Å². The van der Waals surface area contributed by atoms with Gasteiger partial charge in [0.05, 0.1) is 25.2 Å². The predicted molar refractivity (Wildman–Crippen MR) is 128 cm³/mol. The quantitative estimate of drug-likeness (QED) is 0.529. The average molecular weight is 511 g/mol. The summed E-state index contributed by atoms with van der Waals surface area (Å²) in [5, 5.41) is 2.69. The van der Waals surface area contributed by atoms with Crippen LogP contribution in [-0.2, 0) is 32.3 Å². The maximum absolute atomic E-state index is 13.2. The van der Waals surface area contributed by atoms with E-state index in [0.29, 0.717) is 48.7 Å².